The van der Waals surface area contributed by atoms with E-state index in [0.29, 0.717) is 23.0 Å². The van der Waals surface area contributed by atoms with Gasteiger partial charge >= 0.3 is 12.0 Å². The van der Waals surface area contributed by atoms with Crippen molar-refractivity contribution in [2.45, 2.75) is 6.92 Å². The molecule has 0 radical (unpaired) electrons. The van der Waals surface area contributed by atoms with E-state index in [-0.39, 0.29) is 22.5 Å². The predicted octanol–water partition coefficient (Wildman–Crippen LogP) is 4.21. The van der Waals surface area contributed by atoms with Crippen LogP contribution in [-0.2, 0) is 0 Å². The lowest BCUT2D eigenvalue weighted by Gasteiger charge is -2.09. The van der Waals surface area contributed by atoms with E-state index in [9.17, 15) is 9.59 Å². The summed E-state index contributed by atoms with van der Waals surface area (Å²) in [6.45, 7) is 2.11. The molecular weight excluding hydrogens is 417 g/mol. The van der Waals surface area contributed by atoms with Gasteiger partial charge < -0.3 is 4.74 Å². The first-order valence-corrected chi connectivity index (χ1v) is 9.23. The van der Waals surface area contributed by atoms with Crippen LogP contribution < -0.4 is 15.4 Å². The Bertz CT molecular complexity index is 1050. The van der Waals surface area contributed by atoms with Crippen molar-refractivity contribution in [2.24, 2.45) is 0 Å². The van der Waals surface area contributed by atoms with Gasteiger partial charge in [-0.2, -0.15) is 15.0 Å². The van der Waals surface area contributed by atoms with Crippen LogP contribution in [0.2, 0.25) is 10.0 Å². The lowest BCUT2D eigenvalue weighted by atomic mass is 10.2. The number of amides is 3. The van der Waals surface area contributed by atoms with Gasteiger partial charge in [-0.15, -0.1) is 0 Å². The lowest BCUT2D eigenvalue weighted by molar-refractivity contribution is 0.0967. The van der Waals surface area contributed by atoms with E-state index < -0.39 is 11.9 Å². The number of nitrogens with one attached hydrogen (secondary N) is 2. The SMILES string of the molecule is CCOc1nc(NC(=O)NC(=O)c2ccc(Cl)cc2Cl)nc(-c2ccccc2)n1. The highest BCUT2D eigenvalue weighted by molar-refractivity contribution is 6.37. The fraction of sp³-hybridized carbons (Fsp3) is 0.105. The monoisotopic (exact) mass is 431 g/mol. The maximum Gasteiger partial charge on any atom is 0.328 e. The van der Waals surface area contributed by atoms with Crippen molar-refractivity contribution in [3.63, 3.8) is 0 Å². The third-order valence-electron chi connectivity index (χ3n) is 3.55. The summed E-state index contributed by atoms with van der Waals surface area (Å²) in [5, 5.41) is 5.05. The molecule has 8 nitrogen and oxygen atoms in total. The van der Waals surface area contributed by atoms with Crippen LogP contribution in [0.4, 0.5) is 10.7 Å². The standard InChI is InChI=1S/C19H15Cl2N5O3/c1-2-29-19-23-15(11-6-4-3-5-7-11)22-17(26-19)25-18(28)24-16(27)13-9-8-12(20)10-14(13)21/h3-10H,2H2,1H3,(H2,22,23,24,25,26,27,28). The van der Waals surface area contributed by atoms with E-state index in [1.807, 2.05) is 18.2 Å². The molecule has 0 saturated heterocycles. The molecular formula is C19H15Cl2N5O3. The Morgan fingerprint density at radius 3 is 2.48 bits per heavy atom. The van der Waals surface area contributed by atoms with E-state index >= 15 is 0 Å². The van der Waals surface area contributed by atoms with Gasteiger partial charge in [0.25, 0.3) is 5.91 Å². The topological polar surface area (TPSA) is 106 Å². The molecule has 0 aliphatic rings. The van der Waals surface area contributed by atoms with Crippen LogP contribution in [0.3, 0.4) is 0 Å². The van der Waals surface area contributed by atoms with Crippen LogP contribution in [0.25, 0.3) is 11.4 Å². The van der Waals surface area contributed by atoms with Crippen molar-refractivity contribution >= 4 is 41.1 Å². The third kappa shape index (κ3) is 5.40. The second-order valence-corrected chi connectivity index (χ2v) is 6.44. The Balaban J connectivity index is 1.78. The number of imide groups is 1. The minimum Gasteiger partial charge on any atom is -0.464 e. The summed E-state index contributed by atoms with van der Waals surface area (Å²) in [6, 6.07) is 12.6. The van der Waals surface area contributed by atoms with Crippen LogP contribution in [0.5, 0.6) is 6.01 Å². The number of carbonyl (C=O) groups is 2. The number of halogens is 2. The fourth-order valence-electron chi connectivity index (χ4n) is 2.30. The summed E-state index contributed by atoms with van der Waals surface area (Å²) in [6.07, 6.45) is 0. The molecule has 0 fully saturated rings. The van der Waals surface area contributed by atoms with E-state index in [0.717, 1.165) is 0 Å². The molecule has 148 valence electrons. The average Bonchev–Trinajstić information content (AvgIpc) is 2.68. The molecule has 29 heavy (non-hydrogen) atoms. The van der Waals surface area contributed by atoms with Crippen molar-refractivity contribution in [2.75, 3.05) is 11.9 Å². The molecule has 0 aliphatic carbocycles. The first kappa shape index (κ1) is 20.5. The Hall–Kier alpha value is -3.23. The molecule has 0 aliphatic heterocycles. The largest absolute Gasteiger partial charge is 0.464 e. The molecule has 0 atom stereocenters. The summed E-state index contributed by atoms with van der Waals surface area (Å²) in [5.74, 6) is -0.465. The summed E-state index contributed by atoms with van der Waals surface area (Å²) in [7, 11) is 0. The first-order valence-electron chi connectivity index (χ1n) is 8.48. The van der Waals surface area contributed by atoms with Crippen LogP contribution in [0.1, 0.15) is 17.3 Å². The van der Waals surface area contributed by atoms with Gasteiger partial charge in [0, 0.05) is 10.6 Å². The Labute approximate surface area is 176 Å². The average molecular weight is 432 g/mol. The molecule has 3 amide bonds. The van der Waals surface area contributed by atoms with E-state index in [4.69, 9.17) is 27.9 Å². The van der Waals surface area contributed by atoms with Crippen molar-refractivity contribution in [3.8, 4) is 17.4 Å². The number of rotatable bonds is 5. The van der Waals surface area contributed by atoms with Gasteiger partial charge in [-0.1, -0.05) is 53.5 Å². The highest BCUT2D eigenvalue weighted by atomic mass is 35.5. The van der Waals surface area contributed by atoms with Crippen LogP contribution >= 0.6 is 23.2 Å². The fourth-order valence-corrected chi connectivity index (χ4v) is 2.79. The highest BCUT2D eigenvalue weighted by Crippen LogP contribution is 2.21. The zero-order chi connectivity index (χ0) is 20.8. The van der Waals surface area contributed by atoms with Crippen molar-refractivity contribution in [1.29, 1.82) is 0 Å². The Morgan fingerprint density at radius 2 is 1.79 bits per heavy atom. The number of benzene rings is 2. The van der Waals surface area contributed by atoms with Crippen molar-refractivity contribution in [1.82, 2.24) is 20.3 Å². The van der Waals surface area contributed by atoms with Crippen molar-refractivity contribution in [3.05, 3.63) is 64.1 Å². The Morgan fingerprint density at radius 1 is 1.03 bits per heavy atom. The minimum absolute atomic E-state index is 0.0451. The van der Waals surface area contributed by atoms with Gasteiger partial charge in [0.2, 0.25) is 5.95 Å². The first-order chi connectivity index (χ1) is 14.0. The number of ether oxygens (including phenoxy) is 1. The van der Waals surface area contributed by atoms with Gasteiger partial charge in [0.1, 0.15) is 0 Å². The summed E-state index contributed by atoms with van der Waals surface area (Å²) in [4.78, 5) is 36.9. The van der Waals surface area contributed by atoms with Crippen LogP contribution in [-0.4, -0.2) is 33.5 Å². The minimum atomic E-state index is -0.839. The molecule has 1 aromatic heterocycles. The molecule has 3 aromatic rings. The lowest BCUT2D eigenvalue weighted by Crippen LogP contribution is -2.35. The maximum atomic E-state index is 12.3. The molecule has 1 heterocycles. The van der Waals surface area contributed by atoms with Crippen LogP contribution in [0, 0.1) is 0 Å². The summed E-state index contributed by atoms with van der Waals surface area (Å²) < 4.78 is 5.34. The molecule has 0 bridgehead atoms. The number of anilines is 1. The molecule has 3 rings (SSSR count). The number of urea groups is 1. The highest BCUT2D eigenvalue weighted by Gasteiger charge is 2.16. The summed E-state index contributed by atoms with van der Waals surface area (Å²) >= 11 is 11.8. The smallest absolute Gasteiger partial charge is 0.328 e. The van der Waals surface area contributed by atoms with E-state index in [1.54, 1.807) is 19.1 Å². The molecule has 2 aromatic carbocycles. The van der Waals surface area contributed by atoms with Gasteiger partial charge in [0.15, 0.2) is 5.82 Å². The van der Waals surface area contributed by atoms with E-state index in [2.05, 4.69) is 25.6 Å². The molecule has 0 spiro atoms. The van der Waals surface area contributed by atoms with Gasteiger partial charge in [-0.05, 0) is 25.1 Å². The van der Waals surface area contributed by atoms with Crippen molar-refractivity contribution < 1.29 is 14.3 Å². The normalized spacial score (nSPS) is 10.3. The molecule has 0 saturated carbocycles. The number of carbonyl (C=O) groups excluding carboxylic acids is 2. The second kappa shape index (κ2) is 9.31. The number of hydrogen-bond donors (Lipinski definition) is 2. The van der Waals surface area contributed by atoms with E-state index in [1.165, 1.54) is 18.2 Å². The third-order valence-corrected chi connectivity index (χ3v) is 4.10. The number of hydrogen-bond acceptors (Lipinski definition) is 6. The van der Waals surface area contributed by atoms with Gasteiger partial charge in [0.05, 0.1) is 17.2 Å². The van der Waals surface area contributed by atoms with Crippen LogP contribution in [0.15, 0.2) is 48.5 Å². The molecule has 0 unspecified atom stereocenters. The number of nitrogens with zero attached hydrogens (tertiary/aromatic N) is 3. The summed E-state index contributed by atoms with van der Waals surface area (Å²) in [5.41, 5.74) is 0.810. The maximum absolute atomic E-state index is 12.3. The zero-order valence-electron chi connectivity index (χ0n) is 15.1. The second-order valence-electron chi connectivity index (χ2n) is 5.60. The predicted molar refractivity (Wildman–Crippen MR) is 109 cm³/mol. The number of aromatic nitrogens is 3. The molecule has 10 heteroatoms. The Kier molecular flexibility index (Phi) is 6.58. The van der Waals surface area contributed by atoms with Gasteiger partial charge in [-0.3, -0.25) is 15.4 Å². The quantitative estimate of drug-likeness (QED) is 0.626. The van der Waals surface area contributed by atoms with Gasteiger partial charge in [-0.25, -0.2) is 4.79 Å². The zero-order valence-corrected chi connectivity index (χ0v) is 16.7. The molecule has 2 N–H and O–H groups in total.